The Bertz CT molecular complexity index is 252. The number of halogens is 1. The number of carbonyl (C=O) groups excluding carboxylic acids is 2. The first-order valence-corrected chi connectivity index (χ1v) is 5.78. The summed E-state index contributed by atoms with van der Waals surface area (Å²) in [5.41, 5.74) is 21.5. The summed E-state index contributed by atoms with van der Waals surface area (Å²) in [6, 6.07) is -1.35. The SMILES string of the molecule is Cl.NCCC[C@H](NC(=O)[C@@H](N)CCCN)C(N)=O. The highest BCUT2D eigenvalue weighted by molar-refractivity contribution is 5.88. The van der Waals surface area contributed by atoms with E-state index in [0.717, 1.165) is 0 Å². The van der Waals surface area contributed by atoms with Crippen molar-refractivity contribution in [2.75, 3.05) is 13.1 Å². The Morgan fingerprint density at radius 2 is 1.56 bits per heavy atom. The molecule has 0 aliphatic carbocycles. The van der Waals surface area contributed by atoms with E-state index in [1.807, 2.05) is 0 Å². The zero-order valence-corrected chi connectivity index (χ0v) is 11.2. The molecule has 0 unspecified atom stereocenters. The number of nitrogens with one attached hydrogen (secondary N) is 1. The van der Waals surface area contributed by atoms with Crippen molar-refractivity contribution in [3.05, 3.63) is 0 Å². The normalized spacial score (nSPS) is 13.3. The first kappa shape index (κ1) is 19.4. The summed E-state index contributed by atoms with van der Waals surface area (Å²) >= 11 is 0. The van der Waals surface area contributed by atoms with E-state index in [0.29, 0.717) is 38.8 Å². The van der Waals surface area contributed by atoms with Gasteiger partial charge >= 0.3 is 0 Å². The van der Waals surface area contributed by atoms with Gasteiger partial charge in [0.25, 0.3) is 0 Å². The molecule has 0 saturated heterocycles. The average Bonchev–Trinajstić information content (AvgIpc) is 2.30. The molecule has 0 saturated carbocycles. The highest BCUT2D eigenvalue weighted by Crippen LogP contribution is 1.98. The van der Waals surface area contributed by atoms with Gasteiger partial charge in [-0.25, -0.2) is 0 Å². The predicted octanol–water partition coefficient (Wildman–Crippen LogP) is -1.82. The van der Waals surface area contributed by atoms with Crippen LogP contribution in [0.4, 0.5) is 0 Å². The third-order valence-corrected chi connectivity index (χ3v) is 2.41. The summed E-state index contributed by atoms with van der Waals surface area (Å²) in [7, 11) is 0. The van der Waals surface area contributed by atoms with Crippen LogP contribution in [0.15, 0.2) is 0 Å². The molecule has 0 radical (unpaired) electrons. The second-order valence-electron chi connectivity index (χ2n) is 3.93. The fraction of sp³-hybridized carbons (Fsp3) is 0.800. The van der Waals surface area contributed by atoms with Gasteiger partial charge in [0.05, 0.1) is 6.04 Å². The minimum Gasteiger partial charge on any atom is -0.368 e. The summed E-state index contributed by atoms with van der Waals surface area (Å²) in [5.74, 6) is -0.947. The maximum absolute atomic E-state index is 11.6. The molecule has 7 nitrogen and oxygen atoms in total. The van der Waals surface area contributed by atoms with Crippen molar-refractivity contribution < 1.29 is 9.59 Å². The maximum Gasteiger partial charge on any atom is 0.240 e. The van der Waals surface area contributed by atoms with E-state index < -0.39 is 18.0 Å². The number of carbonyl (C=O) groups is 2. The van der Waals surface area contributed by atoms with Crippen molar-refractivity contribution in [2.45, 2.75) is 37.8 Å². The fourth-order valence-electron chi connectivity index (χ4n) is 1.36. The summed E-state index contributed by atoms with van der Waals surface area (Å²) < 4.78 is 0. The zero-order valence-electron chi connectivity index (χ0n) is 10.4. The number of amides is 2. The second kappa shape index (κ2) is 11.2. The van der Waals surface area contributed by atoms with Crippen LogP contribution in [0.25, 0.3) is 0 Å². The van der Waals surface area contributed by atoms with Crippen LogP contribution in [0.2, 0.25) is 0 Å². The molecular weight excluding hydrogens is 258 g/mol. The van der Waals surface area contributed by atoms with Crippen LogP contribution in [-0.4, -0.2) is 37.0 Å². The largest absolute Gasteiger partial charge is 0.368 e. The second-order valence-corrected chi connectivity index (χ2v) is 3.93. The number of hydrogen-bond acceptors (Lipinski definition) is 5. The van der Waals surface area contributed by atoms with Crippen molar-refractivity contribution in [2.24, 2.45) is 22.9 Å². The Balaban J connectivity index is 0. The first-order chi connectivity index (χ1) is 8.02. The molecule has 0 heterocycles. The van der Waals surface area contributed by atoms with Crippen molar-refractivity contribution in [1.82, 2.24) is 5.32 Å². The molecule has 0 spiro atoms. The van der Waals surface area contributed by atoms with Crippen LogP contribution >= 0.6 is 12.4 Å². The predicted molar refractivity (Wildman–Crippen MR) is 72.9 cm³/mol. The molecule has 0 aromatic rings. The Morgan fingerprint density at radius 1 is 1.06 bits per heavy atom. The molecule has 0 fully saturated rings. The minimum atomic E-state index is -0.699. The molecule has 8 heteroatoms. The van der Waals surface area contributed by atoms with E-state index in [-0.39, 0.29) is 18.3 Å². The number of primary amides is 1. The van der Waals surface area contributed by atoms with Gasteiger partial charge in [0.2, 0.25) is 11.8 Å². The smallest absolute Gasteiger partial charge is 0.240 e. The molecule has 0 aliphatic heterocycles. The van der Waals surface area contributed by atoms with Crippen molar-refractivity contribution in [1.29, 1.82) is 0 Å². The van der Waals surface area contributed by atoms with Gasteiger partial charge in [-0.3, -0.25) is 9.59 Å². The molecule has 0 aromatic heterocycles. The van der Waals surface area contributed by atoms with Gasteiger partial charge in [-0.05, 0) is 38.8 Å². The van der Waals surface area contributed by atoms with E-state index >= 15 is 0 Å². The molecule has 0 aromatic carbocycles. The summed E-state index contributed by atoms with van der Waals surface area (Å²) in [4.78, 5) is 22.7. The van der Waals surface area contributed by atoms with Crippen LogP contribution < -0.4 is 28.3 Å². The lowest BCUT2D eigenvalue weighted by Crippen LogP contribution is -2.50. The molecule has 18 heavy (non-hydrogen) atoms. The molecule has 9 N–H and O–H groups in total. The third kappa shape index (κ3) is 8.24. The van der Waals surface area contributed by atoms with Crippen LogP contribution in [0.5, 0.6) is 0 Å². The van der Waals surface area contributed by atoms with Gasteiger partial charge in [-0.15, -0.1) is 12.4 Å². The fourth-order valence-corrected chi connectivity index (χ4v) is 1.36. The summed E-state index contributed by atoms with van der Waals surface area (Å²) in [6.07, 6.45) is 2.20. The van der Waals surface area contributed by atoms with E-state index in [4.69, 9.17) is 22.9 Å². The monoisotopic (exact) mass is 281 g/mol. The number of rotatable bonds is 9. The van der Waals surface area contributed by atoms with Crippen molar-refractivity contribution in [3.63, 3.8) is 0 Å². The van der Waals surface area contributed by atoms with Crippen LogP contribution in [-0.2, 0) is 9.59 Å². The van der Waals surface area contributed by atoms with Crippen molar-refractivity contribution in [3.8, 4) is 0 Å². The van der Waals surface area contributed by atoms with E-state index in [9.17, 15) is 9.59 Å². The van der Waals surface area contributed by atoms with E-state index in [2.05, 4.69) is 5.32 Å². The molecule has 108 valence electrons. The maximum atomic E-state index is 11.6. The Hall–Kier alpha value is -0.890. The molecule has 0 rings (SSSR count). The molecule has 0 aliphatic rings. The van der Waals surface area contributed by atoms with Gasteiger partial charge in [0.1, 0.15) is 6.04 Å². The third-order valence-electron chi connectivity index (χ3n) is 2.41. The van der Waals surface area contributed by atoms with Gasteiger partial charge < -0.3 is 28.3 Å². The van der Waals surface area contributed by atoms with E-state index in [1.165, 1.54) is 0 Å². The molecule has 2 atom stereocenters. The lowest BCUT2D eigenvalue weighted by Gasteiger charge is -2.18. The van der Waals surface area contributed by atoms with Gasteiger partial charge in [-0.2, -0.15) is 0 Å². The first-order valence-electron chi connectivity index (χ1n) is 5.78. The molecule has 2 amide bonds. The minimum absolute atomic E-state index is 0. The molecule has 0 bridgehead atoms. The Labute approximate surface area is 113 Å². The summed E-state index contributed by atoms with van der Waals surface area (Å²) in [5, 5.41) is 2.53. The topological polar surface area (TPSA) is 150 Å². The van der Waals surface area contributed by atoms with Crippen molar-refractivity contribution >= 4 is 24.2 Å². The highest BCUT2D eigenvalue weighted by atomic mass is 35.5. The highest BCUT2D eigenvalue weighted by Gasteiger charge is 2.20. The van der Waals surface area contributed by atoms with E-state index in [1.54, 1.807) is 0 Å². The zero-order chi connectivity index (χ0) is 13.3. The van der Waals surface area contributed by atoms with Crippen LogP contribution in [0.3, 0.4) is 0 Å². The molecular formula is C10H24ClN5O2. The Morgan fingerprint density at radius 3 is 2.00 bits per heavy atom. The van der Waals surface area contributed by atoms with Gasteiger partial charge in [-0.1, -0.05) is 0 Å². The lowest BCUT2D eigenvalue weighted by atomic mass is 10.1. The van der Waals surface area contributed by atoms with Gasteiger partial charge in [0, 0.05) is 0 Å². The summed E-state index contributed by atoms with van der Waals surface area (Å²) in [6.45, 7) is 0.923. The van der Waals surface area contributed by atoms with Gasteiger partial charge in [0.15, 0.2) is 0 Å². The quantitative estimate of drug-likeness (QED) is 0.337. The lowest BCUT2D eigenvalue weighted by molar-refractivity contribution is -0.128. The standard InChI is InChI=1S/C10H23N5O2.ClH/c11-5-1-3-7(13)10(17)15-8(9(14)16)4-2-6-12;/h7-8H,1-6,11-13H2,(H2,14,16)(H,15,17);1H/t7-,8-;/m0./s1. The number of nitrogens with two attached hydrogens (primary N) is 4. The average molecular weight is 282 g/mol. The Kier molecular flexibility index (Phi) is 12.1. The number of hydrogen-bond donors (Lipinski definition) is 5. The van der Waals surface area contributed by atoms with Crippen LogP contribution in [0, 0.1) is 0 Å². The van der Waals surface area contributed by atoms with Crippen LogP contribution in [0.1, 0.15) is 25.7 Å².